The molecule has 7 heteroatoms. The van der Waals surface area contributed by atoms with Gasteiger partial charge in [-0.25, -0.2) is 0 Å². The topological polar surface area (TPSA) is 70.1 Å². The molecule has 0 fully saturated rings. The lowest BCUT2D eigenvalue weighted by molar-refractivity contribution is 0.404. The molecule has 0 radical (unpaired) electrons. The highest BCUT2D eigenvalue weighted by Gasteiger charge is 2.14. The minimum absolute atomic E-state index is 0.0483. The Hall–Kier alpha value is -1.98. The fraction of sp³-hybridized carbons (Fsp3) is 0.143. The molecule has 5 nitrogen and oxygen atoms in total. The first-order chi connectivity index (χ1) is 10.1. The molecule has 1 aromatic heterocycles. The number of nitrogens with one attached hydrogen (secondary N) is 2. The van der Waals surface area contributed by atoms with Gasteiger partial charge >= 0.3 is 0 Å². The first-order valence-electron chi connectivity index (χ1n) is 6.29. The smallest absolute Gasteiger partial charge is 0.156 e. The quantitative estimate of drug-likeness (QED) is 0.810. The minimum Gasteiger partial charge on any atom is -0.504 e. The number of dihydropyridines is 1. The molecule has 0 aliphatic carbocycles. The highest BCUT2D eigenvalue weighted by Crippen LogP contribution is 2.22. The second-order valence-electron chi connectivity index (χ2n) is 4.53. The molecule has 0 bridgehead atoms. The van der Waals surface area contributed by atoms with Crippen molar-refractivity contribution in [3.05, 3.63) is 57.8 Å². The maximum Gasteiger partial charge on any atom is 0.156 e. The van der Waals surface area contributed by atoms with Crippen molar-refractivity contribution in [3.63, 3.8) is 0 Å². The number of aliphatic hydroxyl groups excluding tert-OH is 1. The summed E-state index contributed by atoms with van der Waals surface area (Å²) in [5.74, 6) is 0.0483. The molecule has 3 N–H and O–H groups in total. The molecule has 3 rings (SSSR count). The minimum atomic E-state index is 0.0483. The Bertz CT molecular complexity index is 758. The van der Waals surface area contributed by atoms with E-state index in [0.29, 0.717) is 28.8 Å². The van der Waals surface area contributed by atoms with Crippen molar-refractivity contribution in [3.8, 4) is 0 Å². The Morgan fingerprint density at radius 3 is 2.67 bits per heavy atom. The summed E-state index contributed by atoms with van der Waals surface area (Å²) in [5.41, 5.74) is 2.91. The van der Waals surface area contributed by atoms with Gasteiger partial charge in [-0.1, -0.05) is 23.2 Å². The molecule has 0 spiro atoms. The van der Waals surface area contributed by atoms with E-state index in [0.717, 1.165) is 16.6 Å². The first kappa shape index (κ1) is 14.0. The van der Waals surface area contributed by atoms with Gasteiger partial charge in [-0.3, -0.25) is 9.97 Å². The third-order valence-corrected chi connectivity index (χ3v) is 3.79. The maximum absolute atomic E-state index is 9.88. The largest absolute Gasteiger partial charge is 0.504 e. The highest BCUT2D eigenvalue weighted by atomic mass is 35.5. The highest BCUT2D eigenvalue weighted by molar-refractivity contribution is 6.32. The molecule has 21 heavy (non-hydrogen) atoms. The lowest BCUT2D eigenvalue weighted by atomic mass is 10.1. The normalized spacial score (nSPS) is 14.9. The van der Waals surface area contributed by atoms with Gasteiger partial charge in [0.2, 0.25) is 0 Å². The number of benzene rings is 1. The van der Waals surface area contributed by atoms with E-state index in [1.807, 2.05) is 6.07 Å². The van der Waals surface area contributed by atoms with Gasteiger partial charge in [0.05, 0.1) is 28.3 Å². The monoisotopic (exact) mass is 322 g/mol. The standard InChI is InChI=1S/C14H12Cl2N4O/c15-9-4-12-11(18-1-2-19-12)3-8(9)5-20-13-7-17-6-10(16)14(13)21/h1-4,7,17,20-21H,5-6H2. The Labute approximate surface area is 131 Å². The van der Waals surface area contributed by atoms with Crippen LogP contribution in [-0.4, -0.2) is 21.6 Å². The third kappa shape index (κ3) is 2.89. The van der Waals surface area contributed by atoms with Gasteiger partial charge in [0.1, 0.15) is 0 Å². The number of halogens is 2. The molecular weight excluding hydrogens is 311 g/mol. The summed E-state index contributed by atoms with van der Waals surface area (Å²) in [6.45, 7) is 0.859. The van der Waals surface area contributed by atoms with Crippen LogP contribution in [0.25, 0.3) is 11.0 Å². The molecule has 0 unspecified atom stereocenters. The average Bonchev–Trinajstić information content (AvgIpc) is 2.49. The van der Waals surface area contributed by atoms with E-state index < -0.39 is 0 Å². The van der Waals surface area contributed by atoms with Crippen molar-refractivity contribution in [2.45, 2.75) is 6.54 Å². The van der Waals surface area contributed by atoms with Crippen molar-refractivity contribution in [1.82, 2.24) is 20.6 Å². The van der Waals surface area contributed by atoms with Crippen LogP contribution in [0.1, 0.15) is 5.56 Å². The second-order valence-corrected chi connectivity index (χ2v) is 5.40. The van der Waals surface area contributed by atoms with Gasteiger partial charge in [0.25, 0.3) is 0 Å². The van der Waals surface area contributed by atoms with Crippen LogP contribution >= 0.6 is 23.2 Å². The first-order valence-corrected chi connectivity index (χ1v) is 7.05. The number of fused-ring (bicyclic) bond motifs is 1. The second kappa shape index (κ2) is 5.79. The van der Waals surface area contributed by atoms with Crippen molar-refractivity contribution in [2.75, 3.05) is 6.54 Å². The van der Waals surface area contributed by atoms with E-state index in [4.69, 9.17) is 23.2 Å². The van der Waals surface area contributed by atoms with Crippen molar-refractivity contribution in [1.29, 1.82) is 0 Å². The third-order valence-electron chi connectivity index (χ3n) is 3.12. The van der Waals surface area contributed by atoms with E-state index >= 15 is 0 Å². The molecule has 2 aromatic rings. The molecule has 2 heterocycles. The van der Waals surface area contributed by atoms with Crippen LogP contribution in [0.5, 0.6) is 0 Å². The number of hydrogen-bond acceptors (Lipinski definition) is 5. The van der Waals surface area contributed by atoms with E-state index in [-0.39, 0.29) is 5.76 Å². The van der Waals surface area contributed by atoms with Crippen LogP contribution in [0.2, 0.25) is 5.02 Å². The van der Waals surface area contributed by atoms with E-state index in [1.165, 1.54) is 0 Å². The zero-order chi connectivity index (χ0) is 14.8. The van der Waals surface area contributed by atoms with Gasteiger partial charge in [-0.05, 0) is 17.7 Å². The molecule has 108 valence electrons. The molecule has 0 atom stereocenters. The zero-order valence-corrected chi connectivity index (χ0v) is 12.4. The van der Waals surface area contributed by atoms with Crippen LogP contribution in [-0.2, 0) is 6.54 Å². The fourth-order valence-corrected chi connectivity index (χ4v) is 2.43. The van der Waals surface area contributed by atoms with E-state index in [1.54, 1.807) is 24.7 Å². The Morgan fingerprint density at radius 1 is 1.19 bits per heavy atom. The van der Waals surface area contributed by atoms with Crippen molar-refractivity contribution >= 4 is 34.2 Å². The molecule has 1 aliphatic heterocycles. The zero-order valence-electron chi connectivity index (χ0n) is 10.9. The van der Waals surface area contributed by atoms with Crippen molar-refractivity contribution < 1.29 is 5.11 Å². The van der Waals surface area contributed by atoms with Crippen LogP contribution in [0.4, 0.5) is 0 Å². The van der Waals surface area contributed by atoms with Crippen molar-refractivity contribution in [2.24, 2.45) is 0 Å². The predicted octanol–water partition coefficient (Wildman–Crippen LogP) is 2.83. The summed E-state index contributed by atoms with van der Waals surface area (Å²) in [6, 6.07) is 3.65. The van der Waals surface area contributed by atoms with Crippen LogP contribution in [0, 0.1) is 0 Å². The van der Waals surface area contributed by atoms with E-state index in [9.17, 15) is 5.11 Å². The molecule has 1 aromatic carbocycles. The van der Waals surface area contributed by atoms with Gasteiger partial charge in [0.15, 0.2) is 5.76 Å². The number of aromatic nitrogens is 2. The summed E-state index contributed by atoms with van der Waals surface area (Å²) in [7, 11) is 0. The summed E-state index contributed by atoms with van der Waals surface area (Å²) in [6.07, 6.45) is 4.94. The van der Waals surface area contributed by atoms with Gasteiger partial charge in [-0.2, -0.15) is 0 Å². The van der Waals surface area contributed by atoms with Gasteiger partial charge in [0, 0.05) is 30.2 Å². The van der Waals surface area contributed by atoms with E-state index in [2.05, 4.69) is 20.6 Å². The molecule has 0 saturated carbocycles. The lowest BCUT2D eigenvalue weighted by Gasteiger charge is -2.17. The van der Waals surface area contributed by atoms with Gasteiger partial charge < -0.3 is 15.7 Å². The number of nitrogens with zero attached hydrogens (tertiary/aromatic N) is 2. The van der Waals surface area contributed by atoms with Crippen LogP contribution in [0.3, 0.4) is 0 Å². The summed E-state index contributed by atoms with van der Waals surface area (Å²) >= 11 is 12.1. The average molecular weight is 323 g/mol. The summed E-state index contributed by atoms with van der Waals surface area (Å²) < 4.78 is 0. The summed E-state index contributed by atoms with van der Waals surface area (Å²) in [4.78, 5) is 8.45. The lowest BCUT2D eigenvalue weighted by Crippen LogP contribution is -2.24. The number of hydrogen-bond donors (Lipinski definition) is 3. The Kier molecular flexibility index (Phi) is 3.86. The van der Waals surface area contributed by atoms with Crippen LogP contribution in [0.15, 0.2) is 47.2 Å². The number of rotatable bonds is 3. The SMILES string of the molecule is OC1=C(Cl)CNC=C1NCc1cc2nccnc2cc1Cl. The Morgan fingerprint density at radius 2 is 1.90 bits per heavy atom. The summed E-state index contributed by atoms with van der Waals surface area (Å²) in [5, 5.41) is 16.9. The Balaban J connectivity index is 1.82. The van der Waals surface area contributed by atoms with Gasteiger partial charge in [-0.15, -0.1) is 0 Å². The number of aliphatic hydroxyl groups is 1. The molecular formula is C14H12Cl2N4O. The molecule has 1 aliphatic rings. The van der Waals surface area contributed by atoms with Crippen LogP contribution < -0.4 is 10.6 Å². The maximum atomic E-state index is 9.88. The predicted molar refractivity (Wildman–Crippen MR) is 83.0 cm³/mol. The molecule has 0 saturated heterocycles. The molecule has 0 amide bonds. The fourth-order valence-electron chi connectivity index (χ4n) is 2.03.